The normalized spacial score (nSPS) is 25.1. The van der Waals surface area contributed by atoms with Crippen LogP contribution in [0, 0.1) is 5.92 Å². The van der Waals surface area contributed by atoms with Crippen molar-refractivity contribution in [1.82, 2.24) is 10.6 Å². The maximum absolute atomic E-state index is 5.30. The van der Waals surface area contributed by atoms with Crippen LogP contribution in [0.1, 0.15) is 45.4 Å². The zero-order chi connectivity index (χ0) is 12.5. The van der Waals surface area contributed by atoms with E-state index in [1.165, 1.54) is 32.1 Å². The first-order chi connectivity index (χ1) is 8.22. The van der Waals surface area contributed by atoms with E-state index in [-0.39, 0.29) is 0 Å². The van der Waals surface area contributed by atoms with Crippen LogP contribution in [0.25, 0.3) is 0 Å². The summed E-state index contributed by atoms with van der Waals surface area (Å²) in [6, 6.07) is 0.572. The second-order valence-corrected chi connectivity index (χ2v) is 5.47. The minimum atomic E-state index is 0.572. The second-order valence-electron chi connectivity index (χ2n) is 5.06. The van der Waals surface area contributed by atoms with E-state index < -0.39 is 0 Å². The number of hydrogen-bond acceptors (Lipinski definition) is 2. The second kappa shape index (κ2) is 8.70. The fourth-order valence-corrected chi connectivity index (χ4v) is 2.56. The van der Waals surface area contributed by atoms with Crippen LogP contribution in [-0.2, 0) is 4.74 Å². The van der Waals surface area contributed by atoms with E-state index in [9.17, 15) is 0 Å². The van der Waals surface area contributed by atoms with E-state index in [4.69, 9.17) is 17.0 Å². The van der Waals surface area contributed by atoms with Crippen LogP contribution in [-0.4, -0.2) is 31.4 Å². The standard InChI is InChI=1S/C13H26N2OS/c1-11-5-3-6-12(8-7-11)15-13(17)14-9-4-10-16-2/h11-12H,3-10H2,1-2H3,(H2,14,15,17). The minimum absolute atomic E-state index is 0.572. The molecular weight excluding hydrogens is 232 g/mol. The van der Waals surface area contributed by atoms with Gasteiger partial charge >= 0.3 is 0 Å². The highest BCUT2D eigenvalue weighted by molar-refractivity contribution is 7.80. The fraction of sp³-hybridized carbons (Fsp3) is 0.923. The Labute approximate surface area is 111 Å². The summed E-state index contributed by atoms with van der Waals surface area (Å²) in [7, 11) is 1.73. The number of ether oxygens (including phenoxy) is 1. The largest absolute Gasteiger partial charge is 0.385 e. The molecular formula is C13H26N2OS. The van der Waals surface area contributed by atoms with Crippen LogP contribution in [0.2, 0.25) is 0 Å². The first-order valence-electron chi connectivity index (χ1n) is 6.75. The third-order valence-corrected chi connectivity index (χ3v) is 3.67. The molecule has 1 aliphatic carbocycles. The van der Waals surface area contributed by atoms with Crippen LogP contribution in [0.15, 0.2) is 0 Å². The average Bonchev–Trinajstić information content (AvgIpc) is 2.50. The molecule has 2 atom stereocenters. The first-order valence-corrected chi connectivity index (χ1v) is 7.16. The van der Waals surface area contributed by atoms with E-state index in [2.05, 4.69) is 17.6 Å². The zero-order valence-electron chi connectivity index (χ0n) is 11.1. The predicted molar refractivity (Wildman–Crippen MR) is 76.3 cm³/mol. The molecule has 1 rings (SSSR count). The Kier molecular flexibility index (Phi) is 7.53. The topological polar surface area (TPSA) is 33.3 Å². The van der Waals surface area contributed by atoms with Crippen LogP contribution >= 0.6 is 12.2 Å². The molecule has 1 fully saturated rings. The van der Waals surface area contributed by atoms with Gasteiger partial charge in [0.25, 0.3) is 0 Å². The number of nitrogens with one attached hydrogen (secondary N) is 2. The summed E-state index contributed by atoms with van der Waals surface area (Å²) in [5.74, 6) is 0.880. The van der Waals surface area contributed by atoms with Crippen molar-refractivity contribution in [2.75, 3.05) is 20.3 Å². The number of thiocarbonyl (C=S) groups is 1. The Balaban J connectivity index is 2.12. The lowest BCUT2D eigenvalue weighted by atomic mass is 10.0. The third-order valence-electron chi connectivity index (χ3n) is 3.40. The summed E-state index contributed by atoms with van der Waals surface area (Å²) in [6.07, 6.45) is 7.52. The van der Waals surface area contributed by atoms with Gasteiger partial charge in [-0.15, -0.1) is 0 Å². The molecule has 0 aromatic carbocycles. The molecule has 0 aromatic rings. The number of hydrogen-bond donors (Lipinski definition) is 2. The van der Waals surface area contributed by atoms with Crippen molar-refractivity contribution in [3.05, 3.63) is 0 Å². The van der Waals surface area contributed by atoms with Gasteiger partial charge < -0.3 is 15.4 Å². The average molecular weight is 258 g/mol. The van der Waals surface area contributed by atoms with Crippen molar-refractivity contribution in [2.24, 2.45) is 5.92 Å². The van der Waals surface area contributed by atoms with Gasteiger partial charge in [-0.3, -0.25) is 0 Å². The molecule has 4 heteroatoms. The molecule has 17 heavy (non-hydrogen) atoms. The van der Waals surface area contributed by atoms with Crippen LogP contribution < -0.4 is 10.6 Å². The van der Waals surface area contributed by atoms with Crippen LogP contribution in [0.4, 0.5) is 0 Å². The first kappa shape index (κ1) is 14.7. The molecule has 0 radical (unpaired) electrons. The Morgan fingerprint density at radius 1 is 1.29 bits per heavy atom. The van der Waals surface area contributed by atoms with Gasteiger partial charge in [-0.05, 0) is 43.8 Å². The molecule has 100 valence electrons. The van der Waals surface area contributed by atoms with Gasteiger partial charge in [-0.2, -0.15) is 0 Å². The Morgan fingerprint density at radius 3 is 2.88 bits per heavy atom. The maximum Gasteiger partial charge on any atom is 0.166 e. The summed E-state index contributed by atoms with van der Waals surface area (Å²) in [5, 5.41) is 7.48. The highest BCUT2D eigenvalue weighted by atomic mass is 32.1. The van der Waals surface area contributed by atoms with E-state index in [0.29, 0.717) is 6.04 Å². The van der Waals surface area contributed by atoms with Gasteiger partial charge in [-0.1, -0.05) is 19.8 Å². The number of rotatable bonds is 5. The van der Waals surface area contributed by atoms with Gasteiger partial charge in [0.15, 0.2) is 5.11 Å². The van der Waals surface area contributed by atoms with E-state index in [1.807, 2.05) is 0 Å². The summed E-state index contributed by atoms with van der Waals surface area (Å²) < 4.78 is 5.00. The van der Waals surface area contributed by atoms with Gasteiger partial charge in [-0.25, -0.2) is 0 Å². The maximum atomic E-state index is 5.30. The highest BCUT2D eigenvalue weighted by Crippen LogP contribution is 2.22. The lowest BCUT2D eigenvalue weighted by Crippen LogP contribution is -2.42. The molecule has 0 aromatic heterocycles. The van der Waals surface area contributed by atoms with Crippen molar-refractivity contribution < 1.29 is 4.74 Å². The molecule has 0 heterocycles. The van der Waals surface area contributed by atoms with E-state index in [1.54, 1.807) is 7.11 Å². The monoisotopic (exact) mass is 258 g/mol. The molecule has 0 spiro atoms. The lowest BCUT2D eigenvalue weighted by molar-refractivity contribution is 0.195. The molecule has 1 aliphatic rings. The molecule has 0 aliphatic heterocycles. The van der Waals surface area contributed by atoms with Gasteiger partial charge in [0, 0.05) is 26.3 Å². The van der Waals surface area contributed by atoms with Gasteiger partial charge in [0.1, 0.15) is 0 Å². The fourth-order valence-electron chi connectivity index (χ4n) is 2.29. The SMILES string of the molecule is COCCCNC(=S)NC1CCCC(C)CC1. The molecule has 3 nitrogen and oxygen atoms in total. The quantitative estimate of drug-likeness (QED) is 0.451. The van der Waals surface area contributed by atoms with Gasteiger partial charge in [0.05, 0.1) is 0 Å². The van der Waals surface area contributed by atoms with E-state index in [0.717, 1.165) is 30.6 Å². The van der Waals surface area contributed by atoms with Gasteiger partial charge in [0.2, 0.25) is 0 Å². The molecule has 2 N–H and O–H groups in total. The van der Waals surface area contributed by atoms with Crippen molar-refractivity contribution in [2.45, 2.75) is 51.5 Å². The summed E-state index contributed by atoms with van der Waals surface area (Å²) >= 11 is 5.30. The van der Waals surface area contributed by atoms with Crippen LogP contribution in [0.3, 0.4) is 0 Å². The molecule has 0 saturated heterocycles. The zero-order valence-corrected chi connectivity index (χ0v) is 11.9. The Morgan fingerprint density at radius 2 is 2.12 bits per heavy atom. The Hall–Kier alpha value is -0.350. The van der Waals surface area contributed by atoms with Crippen LogP contribution in [0.5, 0.6) is 0 Å². The molecule has 1 saturated carbocycles. The summed E-state index contributed by atoms with van der Waals surface area (Å²) in [4.78, 5) is 0. The van der Waals surface area contributed by atoms with Crippen molar-refractivity contribution in [3.8, 4) is 0 Å². The van der Waals surface area contributed by atoms with Crippen molar-refractivity contribution in [1.29, 1.82) is 0 Å². The van der Waals surface area contributed by atoms with Crippen molar-refractivity contribution in [3.63, 3.8) is 0 Å². The third kappa shape index (κ3) is 6.84. The molecule has 2 unspecified atom stereocenters. The van der Waals surface area contributed by atoms with Crippen molar-refractivity contribution >= 4 is 17.3 Å². The lowest BCUT2D eigenvalue weighted by Gasteiger charge is -2.19. The minimum Gasteiger partial charge on any atom is -0.385 e. The molecule has 0 bridgehead atoms. The number of methoxy groups -OCH3 is 1. The van der Waals surface area contributed by atoms with E-state index >= 15 is 0 Å². The molecule has 0 amide bonds. The highest BCUT2D eigenvalue weighted by Gasteiger charge is 2.16. The summed E-state index contributed by atoms with van der Waals surface area (Å²) in [6.45, 7) is 4.03. The smallest absolute Gasteiger partial charge is 0.166 e. The predicted octanol–water partition coefficient (Wildman–Crippen LogP) is 2.46. The summed E-state index contributed by atoms with van der Waals surface area (Å²) in [5.41, 5.74) is 0. The Bertz CT molecular complexity index is 223.